The molecule has 0 aliphatic heterocycles. The van der Waals surface area contributed by atoms with E-state index in [1.54, 1.807) is 0 Å². The van der Waals surface area contributed by atoms with Gasteiger partial charge in [-0.05, 0) is 26.2 Å². The van der Waals surface area contributed by atoms with Gasteiger partial charge in [-0.1, -0.05) is 27.2 Å². The second-order valence-corrected chi connectivity index (χ2v) is 5.44. The molecule has 0 aromatic heterocycles. The van der Waals surface area contributed by atoms with Crippen LogP contribution in [-0.2, 0) is 9.59 Å². The summed E-state index contributed by atoms with van der Waals surface area (Å²) in [7, 11) is 0. The Labute approximate surface area is 104 Å². The lowest BCUT2D eigenvalue weighted by atomic mass is 9.90. The van der Waals surface area contributed by atoms with Crippen LogP contribution in [0.1, 0.15) is 53.9 Å². The summed E-state index contributed by atoms with van der Waals surface area (Å²) in [6, 6.07) is 0. The molecule has 0 rings (SSSR count). The Morgan fingerprint density at radius 1 is 1.29 bits per heavy atom. The van der Waals surface area contributed by atoms with Crippen LogP contribution in [0.15, 0.2) is 0 Å². The van der Waals surface area contributed by atoms with E-state index in [0.29, 0.717) is 12.3 Å². The van der Waals surface area contributed by atoms with Gasteiger partial charge in [0.15, 0.2) is 0 Å². The predicted molar refractivity (Wildman–Crippen MR) is 67.7 cm³/mol. The van der Waals surface area contributed by atoms with Crippen LogP contribution in [-0.4, -0.2) is 22.5 Å². The fourth-order valence-electron chi connectivity index (χ4n) is 1.54. The minimum absolute atomic E-state index is 0.00902. The van der Waals surface area contributed by atoms with Crippen LogP contribution in [0, 0.1) is 11.8 Å². The van der Waals surface area contributed by atoms with Gasteiger partial charge in [0.2, 0.25) is 5.91 Å². The lowest BCUT2D eigenvalue weighted by Crippen LogP contribution is -2.46. The van der Waals surface area contributed by atoms with Crippen LogP contribution in [0.25, 0.3) is 0 Å². The summed E-state index contributed by atoms with van der Waals surface area (Å²) >= 11 is 0. The molecule has 0 aliphatic carbocycles. The maximum Gasteiger partial charge on any atom is 0.303 e. The number of rotatable bonds is 7. The van der Waals surface area contributed by atoms with Crippen molar-refractivity contribution in [1.82, 2.24) is 5.32 Å². The molecular formula is C13H25NO3. The second kappa shape index (κ2) is 6.62. The minimum Gasteiger partial charge on any atom is -0.481 e. The largest absolute Gasteiger partial charge is 0.481 e. The third-order valence-electron chi connectivity index (χ3n) is 3.34. The second-order valence-electron chi connectivity index (χ2n) is 5.44. The van der Waals surface area contributed by atoms with Crippen LogP contribution >= 0.6 is 0 Å². The van der Waals surface area contributed by atoms with E-state index in [2.05, 4.69) is 19.2 Å². The molecule has 1 amide bonds. The van der Waals surface area contributed by atoms with Crippen molar-refractivity contribution in [1.29, 1.82) is 0 Å². The van der Waals surface area contributed by atoms with Crippen molar-refractivity contribution < 1.29 is 14.7 Å². The topological polar surface area (TPSA) is 66.4 Å². The summed E-state index contributed by atoms with van der Waals surface area (Å²) in [6.07, 6.45) is 1.48. The zero-order valence-electron chi connectivity index (χ0n) is 11.5. The van der Waals surface area contributed by atoms with Crippen LogP contribution in [0.3, 0.4) is 0 Å². The Morgan fingerprint density at radius 3 is 2.24 bits per heavy atom. The summed E-state index contributed by atoms with van der Waals surface area (Å²) in [6.45, 7) is 9.74. The molecule has 0 spiro atoms. The highest BCUT2D eigenvalue weighted by Crippen LogP contribution is 2.18. The lowest BCUT2D eigenvalue weighted by molar-refractivity contribution is -0.138. The van der Waals surface area contributed by atoms with Crippen molar-refractivity contribution in [2.24, 2.45) is 11.8 Å². The molecule has 0 aromatic rings. The van der Waals surface area contributed by atoms with Crippen molar-refractivity contribution in [3.05, 3.63) is 0 Å². The van der Waals surface area contributed by atoms with Gasteiger partial charge in [0.1, 0.15) is 0 Å². The summed E-state index contributed by atoms with van der Waals surface area (Å²) in [5, 5.41) is 11.6. The SMILES string of the molecule is CCC(C)C(C)C(=O)NC(C)(C)CCC(=O)O. The number of aliphatic carboxylic acids is 1. The van der Waals surface area contributed by atoms with Crippen molar-refractivity contribution in [3.63, 3.8) is 0 Å². The highest BCUT2D eigenvalue weighted by molar-refractivity contribution is 5.79. The molecule has 0 saturated heterocycles. The van der Waals surface area contributed by atoms with Crippen molar-refractivity contribution in [2.75, 3.05) is 0 Å². The van der Waals surface area contributed by atoms with Crippen molar-refractivity contribution in [3.8, 4) is 0 Å². The monoisotopic (exact) mass is 243 g/mol. The fraction of sp³-hybridized carbons (Fsp3) is 0.846. The average Bonchev–Trinajstić information content (AvgIpc) is 2.23. The van der Waals surface area contributed by atoms with Gasteiger partial charge in [-0.2, -0.15) is 0 Å². The van der Waals surface area contributed by atoms with Crippen LogP contribution in [0.2, 0.25) is 0 Å². The fourth-order valence-corrected chi connectivity index (χ4v) is 1.54. The van der Waals surface area contributed by atoms with Crippen molar-refractivity contribution in [2.45, 2.75) is 59.4 Å². The molecule has 4 heteroatoms. The van der Waals surface area contributed by atoms with Gasteiger partial charge < -0.3 is 10.4 Å². The molecule has 0 bridgehead atoms. The molecule has 17 heavy (non-hydrogen) atoms. The molecule has 2 N–H and O–H groups in total. The van der Waals surface area contributed by atoms with Gasteiger partial charge in [0.05, 0.1) is 0 Å². The van der Waals surface area contributed by atoms with E-state index in [9.17, 15) is 9.59 Å². The van der Waals surface area contributed by atoms with E-state index in [1.165, 1.54) is 0 Å². The van der Waals surface area contributed by atoms with Gasteiger partial charge in [-0.15, -0.1) is 0 Å². The molecule has 0 radical (unpaired) electrons. The molecular weight excluding hydrogens is 218 g/mol. The molecule has 0 aromatic carbocycles. The van der Waals surface area contributed by atoms with E-state index < -0.39 is 11.5 Å². The van der Waals surface area contributed by atoms with Gasteiger partial charge in [-0.25, -0.2) is 0 Å². The van der Waals surface area contributed by atoms with Gasteiger partial charge in [0.25, 0.3) is 0 Å². The van der Waals surface area contributed by atoms with E-state index >= 15 is 0 Å². The number of hydrogen-bond donors (Lipinski definition) is 2. The van der Waals surface area contributed by atoms with Crippen molar-refractivity contribution >= 4 is 11.9 Å². The van der Waals surface area contributed by atoms with Crippen LogP contribution in [0.5, 0.6) is 0 Å². The summed E-state index contributed by atoms with van der Waals surface area (Å²) in [4.78, 5) is 22.5. The Balaban J connectivity index is 4.30. The Hall–Kier alpha value is -1.06. The summed E-state index contributed by atoms with van der Waals surface area (Å²) in [5.74, 6) is -0.522. The third-order valence-corrected chi connectivity index (χ3v) is 3.34. The standard InChI is InChI=1S/C13H25NO3/c1-6-9(2)10(3)12(17)14-13(4,5)8-7-11(15)16/h9-10H,6-8H2,1-5H3,(H,14,17)(H,15,16). The number of carbonyl (C=O) groups excluding carboxylic acids is 1. The molecule has 2 unspecified atom stereocenters. The number of carboxylic acid groups (broad SMARTS) is 1. The molecule has 2 atom stereocenters. The lowest BCUT2D eigenvalue weighted by Gasteiger charge is -2.29. The zero-order valence-corrected chi connectivity index (χ0v) is 11.5. The Bertz CT molecular complexity index is 274. The van der Waals surface area contributed by atoms with Crippen LogP contribution < -0.4 is 5.32 Å². The first-order valence-corrected chi connectivity index (χ1v) is 6.23. The Kier molecular flexibility index (Phi) is 6.21. The highest BCUT2D eigenvalue weighted by atomic mass is 16.4. The number of hydrogen-bond acceptors (Lipinski definition) is 2. The first kappa shape index (κ1) is 15.9. The number of amides is 1. The molecule has 100 valence electrons. The van der Waals surface area contributed by atoms with Gasteiger partial charge in [0, 0.05) is 17.9 Å². The molecule has 0 aliphatic rings. The normalized spacial score (nSPS) is 15.1. The maximum absolute atomic E-state index is 11.9. The Morgan fingerprint density at radius 2 is 1.82 bits per heavy atom. The number of nitrogens with one attached hydrogen (secondary N) is 1. The molecule has 4 nitrogen and oxygen atoms in total. The highest BCUT2D eigenvalue weighted by Gasteiger charge is 2.26. The molecule has 0 fully saturated rings. The van der Waals surface area contributed by atoms with E-state index in [1.807, 2.05) is 20.8 Å². The van der Waals surface area contributed by atoms with Crippen LogP contribution in [0.4, 0.5) is 0 Å². The first-order valence-electron chi connectivity index (χ1n) is 6.23. The van der Waals surface area contributed by atoms with E-state index in [4.69, 9.17) is 5.11 Å². The molecule has 0 saturated carbocycles. The quantitative estimate of drug-likeness (QED) is 0.721. The molecule has 0 heterocycles. The maximum atomic E-state index is 11.9. The summed E-state index contributed by atoms with van der Waals surface area (Å²) < 4.78 is 0. The van der Waals surface area contributed by atoms with E-state index in [0.717, 1.165) is 6.42 Å². The average molecular weight is 243 g/mol. The summed E-state index contributed by atoms with van der Waals surface area (Å²) in [5.41, 5.74) is -0.461. The minimum atomic E-state index is -0.831. The smallest absolute Gasteiger partial charge is 0.303 e. The number of carboxylic acids is 1. The number of carbonyl (C=O) groups is 2. The van der Waals surface area contributed by atoms with Gasteiger partial charge in [-0.3, -0.25) is 9.59 Å². The predicted octanol–water partition coefficient (Wildman–Crippen LogP) is 2.43. The first-order chi connectivity index (χ1) is 7.69. The van der Waals surface area contributed by atoms with Gasteiger partial charge >= 0.3 is 5.97 Å². The third kappa shape index (κ3) is 6.29. The van der Waals surface area contributed by atoms with E-state index in [-0.39, 0.29) is 18.2 Å². The zero-order chi connectivity index (χ0) is 13.6.